The van der Waals surface area contributed by atoms with Gasteiger partial charge >= 0.3 is 0 Å². The lowest BCUT2D eigenvalue weighted by Crippen LogP contribution is -2.21. The van der Waals surface area contributed by atoms with E-state index in [4.69, 9.17) is 10.2 Å². The minimum Gasteiger partial charge on any atom is -0.726 e. The normalized spacial score (nSPS) is 11.4. The molecule has 0 rings (SSSR count). The lowest BCUT2D eigenvalue weighted by Gasteiger charge is -2.09. The van der Waals surface area contributed by atoms with Crippen LogP contribution in [-0.4, -0.2) is 48.5 Å². The molecular formula is C15H38N2O8S. The minimum atomic E-state index is -4.75. The van der Waals surface area contributed by atoms with Gasteiger partial charge < -0.3 is 37.0 Å². The number of quaternary nitrogens is 2. The van der Waals surface area contributed by atoms with Crippen molar-refractivity contribution >= 4 is 16.4 Å². The summed E-state index contributed by atoms with van der Waals surface area (Å²) in [7, 11) is -4.75. The highest BCUT2D eigenvalue weighted by molar-refractivity contribution is 7.80. The van der Waals surface area contributed by atoms with Crippen LogP contribution in [0.15, 0.2) is 0 Å². The zero-order chi connectivity index (χ0) is 18.8. The van der Waals surface area contributed by atoms with Gasteiger partial charge in [0.05, 0.1) is 13.2 Å². The molecule has 26 heavy (non-hydrogen) atoms. The van der Waals surface area contributed by atoms with E-state index in [9.17, 15) is 22.9 Å². The SMILES string of the molecule is CCCCCCCCCCCC(=O)[O-].O=S(=O)([O-])OCC(O)CO.[NH4+].[NH4+]. The van der Waals surface area contributed by atoms with Gasteiger partial charge in [0, 0.05) is 5.97 Å². The maximum atomic E-state index is 10.1. The van der Waals surface area contributed by atoms with Crippen LogP contribution in [0.1, 0.15) is 71.1 Å². The van der Waals surface area contributed by atoms with Crippen molar-refractivity contribution in [3.05, 3.63) is 0 Å². The molecule has 0 aromatic carbocycles. The van der Waals surface area contributed by atoms with E-state index >= 15 is 0 Å². The molecule has 11 heteroatoms. The van der Waals surface area contributed by atoms with E-state index in [1.54, 1.807) is 0 Å². The van der Waals surface area contributed by atoms with Gasteiger partial charge in [-0.2, -0.15) is 0 Å². The number of unbranched alkanes of at least 4 members (excludes halogenated alkanes) is 8. The van der Waals surface area contributed by atoms with E-state index in [0.717, 1.165) is 12.8 Å². The molecule has 0 aliphatic carbocycles. The minimum absolute atomic E-state index is 0. The first-order valence-electron chi connectivity index (χ1n) is 8.32. The highest BCUT2D eigenvalue weighted by Gasteiger charge is 2.03. The zero-order valence-corrected chi connectivity index (χ0v) is 17.1. The molecule has 1 unspecified atom stereocenters. The molecule has 0 saturated carbocycles. The van der Waals surface area contributed by atoms with Gasteiger partial charge in [0.1, 0.15) is 6.10 Å². The van der Waals surface area contributed by atoms with Crippen LogP contribution in [0.25, 0.3) is 0 Å². The molecule has 10 nitrogen and oxygen atoms in total. The second kappa shape index (κ2) is 22.2. The second-order valence-corrected chi connectivity index (χ2v) is 6.53. The fourth-order valence-corrected chi connectivity index (χ4v) is 2.12. The number of hydrogen-bond acceptors (Lipinski definition) is 8. The van der Waals surface area contributed by atoms with Crippen LogP contribution in [0.5, 0.6) is 0 Å². The molecule has 0 fully saturated rings. The van der Waals surface area contributed by atoms with Crippen molar-refractivity contribution in [3.8, 4) is 0 Å². The van der Waals surface area contributed by atoms with Gasteiger partial charge in [-0.1, -0.05) is 58.3 Å². The predicted molar refractivity (Wildman–Crippen MR) is 97.6 cm³/mol. The summed E-state index contributed by atoms with van der Waals surface area (Å²) in [5, 5.41) is 26.6. The summed E-state index contributed by atoms with van der Waals surface area (Å²) in [6.07, 6.45) is 9.83. The number of aliphatic hydroxyl groups is 2. The van der Waals surface area contributed by atoms with Crippen LogP contribution >= 0.6 is 0 Å². The van der Waals surface area contributed by atoms with Gasteiger partial charge in [-0.05, 0) is 12.8 Å². The van der Waals surface area contributed by atoms with Crippen LogP contribution in [0.2, 0.25) is 0 Å². The molecule has 0 aromatic heterocycles. The number of aliphatic carboxylic acids is 1. The molecule has 0 aliphatic heterocycles. The van der Waals surface area contributed by atoms with Crippen molar-refractivity contribution in [2.75, 3.05) is 13.2 Å². The Morgan fingerprint density at radius 1 is 1.00 bits per heavy atom. The smallest absolute Gasteiger partial charge is 0.217 e. The predicted octanol–water partition coefficient (Wildman–Crippen LogP) is 1.23. The van der Waals surface area contributed by atoms with E-state index in [1.165, 1.54) is 44.9 Å². The largest absolute Gasteiger partial charge is 0.726 e. The number of carboxylic acids is 1. The van der Waals surface area contributed by atoms with Crippen LogP contribution in [-0.2, 0) is 19.4 Å². The zero-order valence-electron chi connectivity index (χ0n) is 16.3. The Hall–Kier alpha value is -0.820. The molecule has 0 heterocycles. The standard InChI is InChI=1S/C12H24O2.C3H8O6S.2H3N/c1-2-3-4-5-6-7-8-9-10-11-12(13)14;4-1-3(5)2-9-10(6,7)8;;/h2-11H2,1H3,(H,13,14);3-5H,1-2H2,(H,6,7,8);2*1H3. The summed E-state index contributed by atoms with van der Waals surface area (Å²) >= 11 is 0. The van der Waals surface area contributed by atoms with Gasteiger partial charge in [-0.25, -0.2) is 8.42 Å². The number of carbonyl (C=O) groups is 1. The Kier molecular flexibility index (Phi) is 28.0. The first-order valence-corrected chi connectivity index (χ1v) is 9.65. The van der Waals surface area contributed by atoms with Gasteiger partial charge in [0.15, 0.2) is 0 Å². The molecule has 0 amide bonds. The Labute approximate surface area is 157 Å². The fourth-order valence-electron chi connectivity index (χ4n) is 1.79. The Bertz CT molecular complexity index is 393. The Morgan fingerprint density at radius 3 is 1.77 bits per heavy atom. The summed E-state index contributed by atoms with van der Waals surface area (Å²) in [4.78, 5) is 10.1. The lowest BCUT2D eigenvalue weighted by molar-refractivity contribution is -0.305. The van der Waals surface area contributed by atoms with Gasteiger partial charge in [0.2, 0.25) is 10.4 Å². The van der Waals surface area contributed by atoms with Crippen molar-refractivity contribution in [2.24, 2.45) is 0 Å². The topological polar surface area (TPSA) is 220 Å². The van der Waals surface area contributed by atoms with E-state index in [-0.39, 0.29) is 18.7 Å². The number of rotatable bonds is 14. The Balaban J connectivity index is -0.000000181. The third-order valence-corrected chi connectivity index (χ3v) is 3.52. The summed E-state index contributed by atoms with van der Waals surface area (Å²) in [6.45, 7) is 0.873. The highest BCUT2D eigenvalue weighted by atomic mass is 32.3. The molecule has 0 spiro atoms. The third kappa shape index (κ3) is 34.5. The van der Waals surface area contributed by atoms with Gasteiger partial charge in [0.25, 0.3) is 0 Å². The number of hydrogen-bond donors (Lipinski definition) is 4. The first kappa shape index (κ1) is 32.8. The third-order valence-electron chi connectivity index (χ3n) is 3.10. The van der Waals surface area contributed by atoms with E-state index in [1.807, 2.05) is 0 Å². The van der Waals surface area contributed by atoms with E-state index in [0.29, 0.717) is 0 Å². The molecule has 0 bridgehead atoms. The molecule has 0 aromatic rings. The van der Waals surface area contributed by atoms with Gasteiger partial charge in [-0.15, -0.1) is 0 Å². The summed E-state index contributed by atoms with van der Waals surface area (Å²) < 4.78 is 32.6. The highest BCUT2D eigenvalue weighted by Crippen LogP contribution is 2.10. The summed E-state index contributed by atoms with van der Waals surface area (Å²) in [5.41, 5.74) is 0. The fraction of sp³-hybridized carbons (Fsp3) is 0.933. The van der Waals surface area contributed by atoms with E-state index in [2.05, 4.69) is 11.1 Å². The van der Waals surface area contributed by atoms with Crippen LogP contribution < -0.4 is 17.4 Å². The molecule has 0 aliphatic rings. The van der Waals surface area contributed by atoms with Crippen molar-refractivity contribution in [1.29, 1.82) is 0 Å². The van der Waals surface area contributed by atoms with Crippen LogP contribution in [0, 0.1) is 0 Å². The van der Waals surface area contributed by atoms with Crippen molar-refractivity contribution < 1.29 is 37.3 Å². The number of carboxylic acid groups (broad SMARTS) is 1. The van der Waals surface area contributed by atoms with Crippen molar-refractivity contribution in [2.45, 2.75) is 77.2 Å². The molecule has 1 atom stereocenters. The summed E-state index contributed by atoms with van der Waals surface area (Å²) in [5.74, 6) is -0.909. The quantitative estimate of drug-likeness (QED) is 0.186. The number of aliphatic hydroxyl groups excluding tert-OH is 2. The molecular weight excluding hydrogens is 368 g/mol. The van der Waals surface area contributed by atoms with E-state index < -0.39 is 35.7 Å². The Morgan fingerprint density at radius 2 is 1.42 bits per heavy atom. The maximum Gasteiger partial charge on any atom is 0.217 e. The molecule has 0 radical (unpaired) electrons. The lowest BCUT2D eigenvalue weighted by atomic mass is 10.1. The van der Waals surface area contributed by atoms with Crippen LogP contribution in [0.4, 0.5) is 0 Å². The van der Waals surface area contributed by atoms with Gasteiger partial charge in [-0.3, -0.25) is 4.18 Å². The number of carbonyl (C=O) groups excluding carboxylic acids is 1. The second-order valence-electron chi connectivity index (χ2n) is 5.48. The maximum absolute atomic E-state index is 10.1. The van der Waals surface area contributed by atoms with Crippen LogP contribution in [0.3, 0.4) is 0 Å². The first-order chi connectivity index (χ1) is 11.2. The van der Waals surface area contributed by atoms with Crippen molar-refractivity contribution in [3.63, 3.8) is 0 Å². The van der Waals surface area contributed by atoms with Crippen molar-refractivity contribution in [1.82, 2.24) is 12.3 Å². The molecule has 0 saturated heterocycles. The monoisotopic (exact) mass is 406 g/mol. The molecule has 10 N–H and O–H groups in total. The molecule has 162 valence electrons. The average Bonchev–Trinajstić information content (AvgIpc) is 2.50. The summed E-state index contributed by atoms with van der Waals surface area (Å²) in [6, 6.07) is 0. The average molecular weight is 407 g/mol.